The molecule has 1 N–H and O–H groups in total. The van der Waals surface area contributed by atoms with Gasteiger partial charge in [0.15, 0.2) is 5.95 Å². The average Bonchev–Trinajstić information content (AvgIpc) is 3.47. The van der Waals surface area contributed by atoms with Crippen LogP contribution in [0.25, 0.3) is 5.69 Å². The van der Waals surface area contributed by atoms with E-state index < -0.39 is 5.95 Å². The monoisotopic (exact) mass is 532 g/mol. The number of thiophene rings is 1. The standard InChI is InChI=1S/C27H24N4O4S2/c1-34-20-10-8-19(9-11-20)31-26(27(33)35-30-31)36-14-13-24(32)29-25-22(16-28)21-12-7-18(15-23(21)37-25)17-5-3-2-4-6-17/h2-6,8-11,18H,7,12-15H2,1H3,(H-,29,30,32,33). The first kappa shape index (κ1) is 24.9. The van der Waals surface area contributed by atoms with Gasteiger partial charge in [0, 0.05) is 29.2 Å². The number of carbonyl (C=O) groups excluding carboxylic acids is 1. The second-order valence-corrected chi connectivity index (χ2v) is 10.8. The number of aromatic nitrogens is 2. The van der Waals surface area contributed by atoms with Crippen molar-refractivity contribution < 1.29 is 23.8 Å². The summed E-state index contributed by atoms with van der Waals surface area (Å²) in [6.45, 7) is 0. The summed E-state index contributed by atoms with van der Waals surface area (Å²) in [5.74, 6) is 0.681. The lowest BCUT2D eigenvalue weighted by molar-refractivity contribution is -0.705. The van der Waals surface area contributed by atoms with Crippen LogP contribution in [0.2, 0.25) is 0 Å². The Morgan fingerprint density at radius 1 is 1.30 bits per heavy atom. The molecule has 1 unspecified atom stereocenters. The summed E-state index contributed by atoms with van der Waals surface area (Å²) in [5.41, 5.74) is 3.59. The maximum Gasteiger partial charge on any atom is 0.297 e. The Hall–Kier alpha value is -3.81. The normalized spacial score (nSPS) is 14.5. The van der Waals surface area contributed by atoms with E-state index >= 15 is 0 Å². The molecular formula is C27H24N4O4S2. The van der Waals surface area contributed by atoms with Crippen LogP contribution in [-0.2, 0) is 17.6 Å². The largest absolute Gasteiger partial charge is 0.538 e. The van der Waals surface area contributed by atoms with Crippen molar-refractivity contribution in [3.63, 3.8) is 0 Å². The Morgan fingerprint density at radius 2 is 2.08 bits per heavy atom. The smallest absolute Gasteiger partial charge is 0.297 e. The van der Waals surface area contributed by atoms with E-state index in [4.69, 9.17) is 9.26 Å². The van der Waals surface area contributed by atoms with Crippen molar-refractivity contribution >= 4 is 34.0 Å². The van der Waals surface area contributed by atoms with Crippen LogP contribution in [0.4, 0.5) is 5.00 Å². The number of anilines is 1. The third-order valence-electron chi connectivity index (χ3n) is 6.36. The number of hydrogen-bond acceptors (Lipinski definition) is 8. The van der Waals surface area contributed by atoms with Gasteiger partial charge in [-0.05, 0) is 53.1 Å². The number of carbonyl (C=O) groups is 1. The van der Waals surface area contributed by atoms with Crippen LogP contribution < -0.4 is 19.8 Å². The molecule has 2 aromatic carbocycles. The summed E-state index contributed by atoms with van der Waals surface area (Å²) < 4.78 is 11.4. The van der Waals surface area contributed by atoms with E-state index in [1.165, 1.54) is 38.2 Å². The van der Waals surface area contributed by atoms with Gasteiger partial charge in [0.1, 0.15) is 16.8 Å². The molecule has 1 aliphatic rings. The van der Waals surface area contributed by atoms with Crippen molar-refractivity contribution in [3.05, 3.63) is 76.2 Å². The summed E-state index contributed by atoms with van der Waals surface area (Å²) in [7, 11) is 1.58. The van der Waals surface area contributed by atoms with Crippen LogP contribution in [0.5, 0.6) is 11.7 Å². The molecule has 1 amide bonds. The van der Waals surface area contributed by atoms with Gasteiger partial charge >= 0.3 is 0 Å². The summed E-state index contributed by atoms with van der Waals surface area (Å²) in [5, 5.41) is 29.7. The minimum atomic E-state index is -0.563. The number of benzene rings is 2. The van der Waals surface area contributed by atoms with Crippen LogP contribution in [0.3, 0.4) is 0 Å². The zero-order valence-corrected chi connectivity index (χ0v) is 21.7. The molecule has 8 nitrogen and oxygen atoms in total. The van der Waals surface area contributed by atoms with E-state index in [-0.39, 0.29) is 17.4 Å². The molecule has 2 aromatic heterocycles. The highest BCUT2D eigenvalue weighted by Crippen LogP contribution is 2.42. The van der Waals surface area contributed by atoms with Crippen LogP contribution in [0, 0.1) is 11.3 Å². The lowest BCUT2D eigenvalue weighted by Crippen LogP contribution is -2.34. The quantitative estimate of drug-likeness (QED) is 0.265. The fraction of sp³-hybridized carbons (Fsp3) is 0.259. The lowest BCUT2D eigenvalue weighted by atomic mass is 9.83. The van der Waals surface area contributed by atoms with Crippen molar-refractivity contribution in [1.82, 2.24) is 5.27 Å². The van der Waals surface area contributed by atoms with Gasteiger partial charge in [0.2, 0.25) is 11.6 Å². The van der Waals surface area contributed by atoms with Crippen LogP contribution >= 0.6 is 23.1 Å². The zero-order chi connectivity index (χ0) is 25.8. The van der Waals surface area contributed by atoms with E-state index in [1.54, 1.807) is 31.4 Å². The zero-order valence-electron chi connectivity index (χ0n) is 20.1. The van der Waals surface area contributed by atoms with Gasteiger partial charge in [-0.2, -0.15) is 5.26 Å². The van der Waals surface area contributed by atoms with E-state index in [1.807, 2.05) is 6.07 Å². The van der Waals surface area contributed by atoms with Crippen LogP contribution in [0.15, 0.2) is 64.1 Å². The van der Waals surface area contributed by atoms with E-state index in [0.29, 0.717) is 33.7 Å². The molecule has 10 heteroatoms. The number of thioether (sulfide) groups is 1. The summed E-state index contributed by atoms with van der Waals surface area (Å²) in [6, 6.07) is 19.8. The van der Waals surface area contributed by atoms with Crippen molar-refractivity contribution in [2.24, 2.45) is 0 Å². The molecule has 0 radical (unpaired) electrons. The Labute approximate surface area is 222 Å². The summed E-state index contributed by atoms with van der Waals surface area (Å²) in [6.07, 6.45) is 2.84. The SMILES string of the molecule is COc1ccc(-[n+]2noc([O-])c2SCCC(=O)Nc2sc3c(c2C#N)CCC(c2ccccc2)C3)cc1. The highest BCUT2D eigenvalue weighted by molar-refractivity contribution is 7.99. The topological polar surface area (TPSA) is 115 Å². The molecule has 0 saturated carbocycles. The first-order valence-corrected chi connectivity index (χ1v) is 13.6. The molecular weight excluding hydrogens is 508 g/mol. The van der Waals surface area contributed by atoms with Gasteiger partial charge < -0.3 is 19.7 Å². The molecule has 0 spiro atoms. The van der Waals surface area contributed by atoms with Gasteiger partial charge in [-0.1, -0.05) is 42.1 Å². The highest BCUT2D eigenvalue weighted by atomic mass is 32.2. The molecule has 4 aromatic rings. The molecule has 1 atom stereocenters. The third-order valence-corrected chi connectivity index (χ3v) is 8.55. The molecule has 0 fully saturated rings. The maximum absolute atomic E-state index is 12.8. The van der Waals surface area contributed by atoms with Gasteiger partial charge in [-0.25, -0.2) is 0 Å². The summed E-state index contributed by atoms with van der Waals surface area (Å²) in [4.78, 5) is 13.9. The molecule has 1 aliphatic carbocycles. The first-order valence-electron chi connectivity index (χ1n) is 11.8. The van der Waals surface area contributed by atoms with Crippen LogP contribution in [0.1, 0.15) is 40.3 Å². The minimum Gasteiger partial charge on any atom is -0.538 e. The average molecular weight is 533 g/mol. The fourth-order valence-corrected chi connectivity index (χ4v) is 6.67. The second-order valence-electron chi connectivity index (χ2n) is 8.59. The van der Waals surface area contributed by atoms with Gasteiger partial charge in [0.25, 0.3) is 5.03 Å². The number of nitriles is 1. The van der Waals surface area contributed by atoms with Crippen molar-refractivity contribution in [1.29, 1.82) is 5.26 Å². The van der Waals surface area contributed by atoms with Gasteiger partial charge in [-0.15, -0.1) is 11.3 Å². The lowest BCUT2D eigenvalue weighted by Gasteiger charge is -2.22. The van der Waals surface area contributed by atoms with Gasteiger partial charge in [0.05, 0.1) is 17.9 Å². The Morgan fingerprint density at radius 3 is 2.81 bits per heavy atom. The second kappa shape index (κ2) is 11.1. The Kier molecular flexibility index (Phi) is 7.44. The highest BCUT2D eigenvalue weighted by Gasteiger charge is 2.27. The number of nitrogens with zero attached hydrogens (tertiary/aromatic N) is 3. The number of nitrogens with one attached hydrogen (secondary N) is 1. The molecule has 0 saturated heterocycles. The number of rotatable bonds is 8. The Bertz CT molecular complexity index is 1440. The predicted molar refractivity (Wildman–Crippen MR) is 138 cm³/mol. The van der Waals surface area contributed by atoms with E-state index in [9.17, 15) is 15.2 Å². The van der Waals surface area contributed by atoms with Gasteiger partial charge in [-0.3, -0.25) is 4.79 Å². The van der Waals surface area contributed by atoms with Crippen molar-refractivity contribution in [2.45, 2.75) is 36.6 Å². The number of methoxy groups -OCH3 is 1. The molecule has 0 bridgehead atoms. The Balaban J connectivity index is 1.22. The van der Waals surface area contributed by atoms with E-state index in [2.05, 4.69) is 40.9 Å². The molecule has 5 rings (SSSR count). The predicted octanol–water partition coefficient (Wildman–Crippen LogP) is 4.36. The number of ether oxygens (including phenoxy) is 1. The number of amides is 1. The molecule has 37 heavy (non-hydrogen) atoms. The van der Waals surface area contributed by atoms with Crippen molar-refractivity contribution in [2.75, 3.05) is 18.2 Å². The number of fused-ring (bicyclic) bond motifs is 1. The first-order chi connectivity index (χ1) is 18.1. The van der Waals surface area contributed by atoms with Crippen LogP contribution in [-0.4, -0.2) is 24.0 Å². The number of hydrogen-bond donors (Lipinski definition) is 1. The van der Waals surface area contributed by atoms with E-state index in [0.717, 1.165) is 24.8 Å². The minimum absolute atomic E-state index is 0.165. The third kappa shape index (κ3) is 5.33. The fourth-order valence-electron chi connectivity index (χ4n) is 4.48. The summed E-state index contributed by atoms with van der Waals surface area (Å²) >= 11 is 2.70. The molecule has 188 valence electrons. The molecule has 0 aliphatic heterocycles. The maximum atomic E-state index is 12.8. The van der Waals surface area contributed by atoms with Crippen molar-refractivity contribution in [3.8, 4) is 23.5 Å². The molecule has 2 heterocycles.